The molecule has 4 nitrogen and oxygen atoms in total. The minimum atomic E-state index is -0.335. The van der Waals surface area contributed by atoms with Crippen molar-refractivity contribution in [2.75, 3.05) is 23.7 Å². The minimum absolute atomic E-state index is 0.0515. The second-order valence-corrected chi connectivity index (χ2v) is 8.32. The first-order valence-corrected chi connectivity index (χ1v) is 10.1. The van der Waals surface area contributed by atoms with Crippen LogP contribution in [0.4, 0.5) is 10.1 Å². The van der Waals surface area contributed by atoms with Crippen molar-refractivity contribution >= 4 is 29.3 Å². The fraction of sp³-hybridized carbons (Fsp3) is 0.333. The SMILES string of the molecule is O=C(Cc1ccccc1)N1CCC2(CC1)SCC(=O)N2c1ccc(F)cc1. The highest BCUT2D eigenvalue weighted by Gasteiger charge is 2.49. The van der Waals surface area contributed by atoms with Crippen molar-refractivity contribution in [2.45, 2.75) is 24.1 Å². The molecule has 27 heavy (non-hydrogen) atoms. The summed E-state index contributed by atoms with van der Waals surface area (Å²) in [6, 6.07) is 15.8. The Morgan fingerprint density at radius 2 is 1.70 bits per heavy atom. The lowest BCUT2D eigenvalue weighted by Gasteiger charge is -2.44. The maximum Gasteiger partial charge on any atom is 0.238 e. The molecule has 2 heterocycles. The number of hydrogen-bond donors (Lipinski definition) is 0. The van der Waals surface area contributed by atoms with Gasteiger partial charge in [0, 0.05) is 18.8 Å². The second-order valence-electron chi connectivity index (χ2n) is 6.98. The van der Waals surface area contributed by atoms with Gasteiger partial charge in [0.25, 0.3) is 0 Å². The van der Waals surface area contributed by atoms with Crippen LogP contribution in [0.5, 0.6) is 0 Å². The first kappa shape index (κ1) is 18.0. The summed E-state index contributed by atoms with van der Waals surface area (Å²) in [4.78, 5) is 28.5. The molecule has 1 spiro atoms. The molecule has 6 heteroatoms. The summed E-state index contributed by atoms with van der Waals surface area (Å²) in [6.45, 7) is 1.26. The Morgan fingerprint density at radius 1 is 1.04 bits per heavy atom. The summed E-state index contributed by atoms with van der Waals surface area (Å²) in [5, 5.41) is 0. The highest BCUT2D eigenvalue weighted by atomic mass is 32.2. The van der Waals surface area contributed by atoms with Crippen LogP contribution in [-0.4, -0.2) is 40.4 Å². The van der Waals surface area contributed by atoms with Gasteiger partial charge < -0.3 is 4.90 Å². The van der Waals surface area contributed by atoms with E-state index in [-0.39, 0.29) is 22.5 Å². The molecule has 0 radical (unpaired) electrons. The summed E-state index contributed by atoms with van der Waals surface area (Å²) in [7, 11) is 0. The molecule has 2 fully saturated rings. The van der Waals surface area contributed by atoms with Gasteiger partial charge in [-0.05, 0) is 42.7 Å². The van der Waals surface area contributed by atoms with E-state index in [2.05, 4.69) is 0 Å². The van der Waals surface area contributed by atoms with Crippen molar-refractivity contribution in [1.29, 1.82) is 0 Å². The van der Waals surface area contributed by atoms with Crippen LogP contribution in [0.25, 0.3) is 0 Å². The van der Waals surface area contributed by atoms with E-state index in [1.807, 2.05) is 40.1 Å². The van der Waals surface area contributed by atoms with E-state index >= 15 is 0 Å². The number of anilines is 1. The lowest BCUT2D eigenvalue weighted by atomic mass is 10.00. The number of likely N-dealkylation sites (tertiary alicyclic amines) is 1. The Hall–Kier alpha value is -2.34. The second kappa shape index (κ2) is 7.35. The smallest absolute Gasteiger partial charge is 0.238 e. The monoisotopic (exact) mass is 384 g/mol. The predicted octanol–water partition coefficient (Wildman–Crippen LogP) is 3.47. The summed E-state index contributed by atoms with van der Waals surface area (Å²) in [6.07, 6.45) is 1.85. The molecule has 2 amide bonds. The van der Waals surface area contributed by atoms with Gasteiger partial charge in [-0.3, -0.25) is 14.5 Å². The highest BCUT2D eigenvalue weighted by Crippen LogP contribution is 2.46. The van der Waals surface area contributed by atoms with Crippen LogP contribution in [0.15, 0.2) is 54.6 Å². The summed E-state index contributed by atoms with van der Waals surface area (Å²) >= 11 is 1.64. The zero-order valence-corrected chi connectivity index (χ0v) is 15.8. The van der Waals surface area contributed by atoms with Gasteiger partial charge in [0.15, 0.2) is 0 Å². The maximum absolute atomic E-state index is 13.3. The van der Waals surface area contributed by atoms with Gasteiger partial charge in [-0.25, -0.2) is 4.39 Å². The zero-order chi connectivity index (χ0) is 18.9. The molecule has 0 aromatic heterocycles. The number of hydrogen-bond acceptors (Lipinski definition) is 3. The molecule has 2 aliphatic rings. The molecule has 4 rings (SSSR count). The molecule has 2 saturated heterocycles. The first-order valence-electron chi connectivity index (χ1n) is 9.12. The predicted molar refractivity (Wildman–Crippen MR) is 105 cm³/mol. The quantitative estimate of drug-likeness (QED) is 0.814. The standard InChI is InChI=1S/C21H21FN2O2S/c22-17-6-8-18(9-7-17)24-20(26)15-27-21(24)10-12-23(13-11-21)19(25)14-16-4-2-1-3-5-16/h1-9H,10-15H2. The summed E-state index contributed by atoms with van der Waals surface area (Å²) in [5.74, 6) is 0.290. The molecule has 0 aliphatic carbocycles. The van der Waals surface area contributed by atoms with E-state index in [0.717, 1.165) is 24.1 Å². The minimum Gasteiger partial charge on any atom is -0.342 e. The Balaban J connectivity index is 1.46. The van der Waals surface area contributed by atoms with Crippen LogP contribution >= 0.6 is 11.8 Å². The van der Waals surface area contributed by atoms with E-state index in [1.54, 1.807) is 23.9 Å². The molecular weight excluding hydrogens is 363 g/mol. The number of rotatable bonds is 3. The molecule has 140 valence electrons. The molecule has 0 bridgehead atoms. The van der Waals surface area contributed by atoms with Crippen molar-refractivity contribution in [3.63, 3.8) is 0 Å². The van der Waals surface area contributed by atoms with E-state index in [9.17, 15) is 14.0 Å². The number of benzene rings is 2. The third kappa shape index (κ3) is 3.58. The number of carbonyl (C=O) groups excluding carboxylic acids is 2. The van der Waals surface area contributed by atoms with Crippen LogP contribution in [0.3, 0.4) is 0 Å². The van der Waals surface area contributed by atoms with Crippen LogP contribution in [-0.2, 0) is 16.0 Å². The normalized spacial score (nSPS) is 18.9. The Morgan fingerprint density at radius 3 is 2.37 bits per heavy atom. The molecule has 0 atom stereocenters. The van der Waals surface area contributed by atoms with Crippen molar-refractivity contribution in [1.82, 2.24) is 4.90 Å². The summed E-state index contributed by atoms with van der Waals surface area (Å²) in [5.41, 5.74) is 1.75. The number of amides is 2. The van der Waals surface area contributed by atoms with Gasteiger partial charge in [-0.1, -0.05) is 30.3 Å². The number of carbonyl (C=O) groups is 2. The van der Waals surface area contributed by atoms with Crippen LogP contribution in [0, 0.1) is 5.82 Å². The zero-order valence-electron chi connectivity index (χ0n) is 14.9. The van der Waals surface area contributed by atoms with Gasteiger partial charge in [0.2, 0.25) is 11.8 Å². The number of halogens is 1. The van der Waals surface area contributed by atoms with Crippen molar-refractivity contribution in [3.05, 3.63) is 66.0 Å². The van der Waals surface area contributed by atoms with Crippen LogP contribution in [0.2, 0.25) is 0 Å². The van der Waals surface area contributed by atoms with Crippen molar-refractivity contribution in [3.8, 4) is 0 Å². The molecule has 0 unspecified atom stereocenters. The van der Waals surface area contributed by atoms with Gasteiger partial charge in [0.05, 0.1) is 17.0 Å². The molecule has 0 N–H and O–H groups in total. The molecule has 2 aliphatic heterocycles. The summed E-state index contributed by atoms with van der Waals surface area (Å²) < 4.78 is 13.3. The highest BCUT2D eigenvalue weighted by molar-refractivity contribution is 8.02. The maximum atomic E-state index is 13.3. The number of nitrogens with zero attached hydrogens (tertiary/aromatic N) is 2. The average Bonchev–Trinajstić information content (AvgIpc) is 3.00. The van der Waals surface area contributed by atoms with E-state index in [1.165, 1.54) is 12.1 Å². The fourth-order valence-electron chi connectivity index (χ4n) is 3.88. The Bertz CT molecular complexity index is 833. The molecule has 2 aromatic rings. The van der Waals surface area contributed by atoms with Crippen LogP contribution < -0.4 is 4.90 Å². The van der Waals surface area contributed by atoms with Gasteiger partial charge >= 0.3 is 0 Å². The molecule has 2 aromatic carbocycles. The lowest BCUT2D eigenvalue weighted by Crippen LogP contribution is -2.53. The number of thioether (sulfide) groups is 1. The first-order chi connectivity index (χ1) is 13.1. The average molecular weight is 384 g/mol. The lowest BCUT2D eigenvalue weighted by molar-refractivity contribution is -0.131. The van der Waals surface area contributed by atoms with Crippen LogP contribution in [0.1, 0.15) is 18.4 Å². The van der Waals surface area contributed by atoms with E-state index in [0.29, 0.717) is 25.3 Å². The largest absolute Gasteiger partial charge is 0.342 e. The Kier molecular flexibility index (Phi) is 4.91. The van der Waals surface area contributed by atoms with Gasteiger partial charge in [-0.15, -0.1) is 11.8 Å². The van der Waals surface area contributed by atoms with E-state index < -0.39 is 0 Å². The Labute approximate surface area is 162 Å². The van der Waals surface area contributed by atoms with Gasteiger partial charge in [0.1, 0.15) is 5.82 Å². The van der Waals surface area contributed by atoms with Crippen molar-refractivity contribution in [2.24, 2.45) is 0 Å². The number of piperidine rings is 1. The topological polar surface area (TPSA) is 40.6 Å². The third-order valence-electron chi connectivity index (χ3n) is 5.30. The third-order valence-corrected chi connectivity index (χ3v) is 6.82. The fourth-order valence-corrected chi connectivity index (χ4v) is 5.21. The molecule has 0 saturated carbocycles. The van der Waals surface area contributed by atoms with Gasteiger partial charge in [-0.2, -0.15) is 0 Å². The van der Waals surface area contributed by atoms with Crippen molar-refractivity contribution < 1.29 is 14.0 Å². The molecular formula is C21H21FN2O2S. The van der Waals surface area contributed by atoms with E-state index in [4.69, 9.17) is 0 Å².